The summed E-state index contributed by atoms with van der Waals surface area (Å²) in [6, 6.07) is 0. The largest absolute Gasteiger partial charge is 0.417 e. The molecular weight excluding hydrogens is 231 g/mol. The van der Waals surface area contributed by atoms with E-state index in [1.807, 2.05) is 0 Å². The van der Waals surface area contributed by atoms with Crippen LogP contribution in [0.4, 0.5) is 0 Å². The molecular formula is C5H13IOSi. The smallest absolute Gasteiger partial charge is 0.196 e. The van der Waals surface area contributed by atoms with Crippen LogP contribution in [-0.4, -0.2) is 19.0 Å². The van der Waals surface area contributed by atoms with Gasteiger partial charge in [0.15, 0.2) is 8.32 Å². The fourth-order valence-electron chi connectivity index (χ4n) is 0.429. The summed E-state index contributed by atoms with van der Waals surface area (Å²) < 4.78 is 6.70. The zero-order valence-corrected chi connectivity index (χ0v) is 8.86. The molecule has 50 valence electrons. The maximum absolute atomic E-state index is 5.51. The molecule has 0 radical (unpaired) electrons. The molecule has 0 aromatic heterocycles. The number of rotatable bonds is 3. The molecule has 0 saturated carbocycles. The predicted octanol–water partition coefficient (Wildman–Crippen LogP) is 2.20. The fraction of sp³-hybridized carbons (Fsp3) is 1.00. The molecule has 0 aliphatic carbocycles. The Morgan fingerprint density at radius 3 is 2.12 bits per heavy atom. The van der Waals surface area contributed by atoms with Crippen molar-refractivity contribution < 1.29 is 4.43 Å². The Balaban J connectivity index is 3.37. The van der Waals surface area contributed by atoms with Crippen LogP contribution in [0.3, 0.4) is 0 Å². The normalized spacial score (nSPS) is 12.0. The first kappa shape index (κ1) is 8.91. The van der Waals surface area contributed by atoms with Crippen molar-refractivity contribution in [3.05, 3.63) is 0 Å². The van der Waals surface area contributed by atoms with Crippen LogP contribution in [-0.2, 0) is 4.43 Å². The lowest BCUT2D eigenvalue weighted by atomic mass is 10.9. The fourth-order valence-corrected chi connectivity index (χ4v) is 1.95. The van der Waals surface area contributed by atoms with Crippen LogP contribution >= 0.6 is 22.6 Å². The molecule has 3 heteroatoms. The first-order chi connectivity index (χ1) is 3.62. The van der Waals surface area contributed by atoms with Gasteiger partial charge >= 0.3 is 0 Å². The lowest BCUT2D eigenvalue weighted by Gasteiger charge is -2.17. The van der Waals surface area contributed by atoms with Gasteiger partial charge in [-0.2, -0.15) is 0 Å². The van der Waals surface area contributed by atoms with E-state index in [-0.39, 0.29) is 0 Å². The SMILES string of the molecule is CCO[Si](C)(C)CI. The summed E-state index contributed by atoms with van der Waals surface area (Å²) in [4.78, 5) is 0. The third-order valence-electron chi connectivity index (χ3n) is 0.857. The summed E-state index contributed by atoms with van der Waals surface area (Å²) in [6.07, 6.45) is 0. The van der Waals surface area contributed by atoms with Gasteiger partial charge in [0.2, 0.25) is 0 Å². The van der Waals surface area contributed by atoms with Crippen molar-refractivity contribution in [3.8, 4) is 0 Å². The van der Waals surface area contributed by atoms with Gasteiger partial charge in [0.25, 0.3) is 0 Å². The summed E-state index contributed by atoms with van der Waals surface area (Å²) in [7, 11) is -1.19. The van der Waals surface area contributed by atoms with Crippen LogP contribution in [0.1, 0.15) is 6.92 Å². The highest BCUT2D eigenvalue weighted by Crippen LogP contribution is 2.06. The maximum Gasteiger partial charge on any atom is 0.196 e. The van der Waals surface area contributed by atoms with Gasteiger partial charge in [-0.1, -0.05) is 22.6 Å². The second-order valence-electron chi connectivity index (χ2n) is 2.33. The zero-order chi connectivity index (χ0) is 6.62. The van der Waals surface area contributed by atoms with E-state index in [4.69, 9.17) is 4.43 Å². The van der Waals surface area contributed by atoms with E-state index in [1.165, 1.54) is 4.05 Å². The number of halogens is 1. The van der Waals surface area contributed by atoms with Gasteiger partial charge < -0.3 is 4.43 Å². The van der Waals surface area contributed by atoms with Gasteiger partial charge in [0, 0.05) is 10.7 Å². The van der Waals surface area contributed by atoms with Gasteiger partial charge in [-0.3, -0.25) is 0 Å². The second kappa shape index (κ2) is 3.84. The predicted molar refractivity (Wildman–Crippen MR) is 48.0 cm³/mol. The van der Waals surface area contributed by atoms with Crippen LogP contribution in [0.2, 0.25) is 13.1 Å². The highest BCUT2D eigenvalue weighted by atomic mass is 127. The van der Waals surface area contributed by atoms with Crippen molar-refractivity contribution in [3.63, 3.8) is 0 Å². The molecule has 8 heavy (non-hydrogen) atoms. The Labute approximate surface area is 66.1 Å². The van der Waals surface area contributed by atoms with E-state index in [9.17, 15) is 0 Å². The highest BCUT2D eigenvalue weighted by Gasteiger charge is 2.18. The molecule has 1 nitrogen and oxygen atoms in total. The van der Waals surface area contributed by atoms with E-state index in [0.29, 0.717) is 0 Å². The molecule has 0 aliphatic rings. The van der Waals surface area contributed by atoms with E-state index in [2.05, 4.69) is 42.6 Å². The van der Waals surface area contributed by atoms with Crippen molar-refractivity contribution in [1.29, 1.82) is 0 Å². The Bertz CT molecular complexity index is 65.4. The number of alkyl halides is 1. The standard InChI is InChI=1S/C5H13IOSi/c1-4-7-8(2,3)5-6/h4-5H2,1-3H3. The van der Waals surface area contributed by atoms with Crippen molar-refractivity contribution in [2.45, 2.75) is 20.0 Å². The third-order valence-corrected chi connectivity index (χ3v) is 8.08. The van der Waals surface area contributed by atoms with Crippen molar-refractivity contribution in [2.75, 3.05) is 10.7 Å². The van der Waals surface area contributed by atoms with Gasteiger partial charge in [-0.25, -0.2) is 0 Å². The van der Waals surface area contributed by atoms with Crippen LogP contribution < -0.4 is 0 Å². The van der Waals surface area contributed by atoms with E-state index in [1.54, 1.807) is 0 Å². The summed E-state index contributed by atoms with van der Waals surface area (Å²) in [5, 5.41) is 0. The zero-order valence-electron chi connectivity index (χ0n) is 5.70. The molecule has 0 bridgehead atoms. The monoisotopic (exact) mass is 244 g/mol. The lowest BCUT2D eigenvalue weighted by molar-refractivity contribution is 0.334. The van der Waals surface area contributed by atoms with Gasteiger partial charge in [-0.15, -0.1) is 0 Å². The average Bonchev–Trinajstić information content (AvgIpc) is 1.67. The Kier molecular flexibility index (Phi) is 4.28. The Morgan fingerprint density at radius 1 is 1.50 bits per heavy atom. The van der Waals surface area contributed by atoms with E-state index >= 15 is 0 Å². The molecule has 0 rings (SSSR count). The van der Waals surface area contributed by atoms with Gasteiger partial charge in [0.05, 0.1) is 0 Å². The quantitative estimate of drug-likeness (QED) is 0.420. The van der Waals surface area contributed by atoms with Crippen LogP contribution in [0.5, 0.6) is 0 Å². The molecule has 0 heterocycles. The molecule has 0 unspecified atom stereocenters. The molecule has 0 saturated heterocycles. The van der Waals surface area contributed by atoms with Crippen molar-refractivity contribution >= 4 is 30.9 Å². The first-order valence-corrected chi connectivity index (χ1v) is 7.46. The summed E-state index contributed by atoms with van der Waals surface area (Å²) in [6.45, 7) is 7.41. The summed E-state index contributed by atoms with van der Waals surface area (Å²) >= 11 is 2.39. The lowest BCUT2D eigenvalue weighted by Crippen LogP contribution is -2.32. The molecule has 0 atom stereocenters. The first-order valence-electron chi connectivity index (χ1n) is 2.82. The second-order valence-corrected chi connectivity index (χ2v) is 8.69. The number of hydrogen-bond donors (Lipinski definition) is 0. The van der Waals surface area contributed by atoms with E-state index in [0.717, 1.165) is 6.61 Å². The van der Waals surface area contributed by atoms with Crippen LogP contribution in [0.25, 0.3) is 0 Å². The molecule has 0 aromatic carbocycles. The van der Waals surface area contributed by atoms with Crippen LogP contribution in [0, 0.1) is 0 Å². The highest BCUT2D eigenvalue weighted by molar-refractivity contribution is 14.1. The van der Waals surface area contributed by atoms with Gasteiger partial charge in [0.1, 0.15) is 0 Å². The van der Waals surface area contributed by atoms with Crippen LogP contribution in [0.15, 0.2) is 0 Å². The molecule has 0 spiro atoms. The van der Waals surface area contributed by atoms with Crippen molar-refractivity contribution in [2.24, 2.45) is 0 Å². The third kappa shape index (κ3) is 3.85. The minimum absolute atomic E-state index is 0.877. The maximum atomic E-state index is 5.51. The average molecular weight is 244 g/mol. The molecule has 0 aliphatic heterocycles. The van der Waals surface area contributed by atoms with E-state index < -0.39 is 8.32 Å². The molecule has 0 N–H and O–H groups in total. The summed E-state index contributed by atoms with van der Waals surface area (Å²) in [5.74, 6) is 0. The topological polar surface area (TPSA) is 9.23 Å². The van der Waals surface area contributed by atoms with Gasteiger partial charge in [-0.05, 0) is 20.0 Å². The molecule has 0 fully saturated rings. The Morgan fingerprint density at radius 2 is 2.00 bits per heavy atom. The Hall–Kier alpha value is 0.907. The minimum atomic E-state index is -1.19. The minimum Gasteiger partial charge on any atom is -0.417 e. The van der Waals surface area contributed by atoms with Crippen molar-refractivity contribution in [1.82, 2.24) is 0 Å². The molecule has 0 amide bonds. The molecule has 0 aromatic rings. The summed E-state index contributed by atoms with van der Waals surface area (Å²) in [5.41, 5.74) is 0. The number of hydrogen-bond acceptors (Lipinski definition) is 1.